The van der Waals surface area contributed by atoms with E-state index in [-0.39, 0.29) is 24.8 Å². The van der Waals surface area contributed by atoms with E-state index < -0.39 is 0 Å². The number of hydrogen-bond donors (Lipinski definition) is 0. The molecule has 1 fully saturated rings. The van der Waals surface area contributed by atoms with Crippen LogP contribution < -0.4 is 0 Å². The van der Waals surface area contributed by atoms with E-state index >= 15 is 0 Å². The molecular weight excluding hydrogens is 317 g/mol. The van der Waals surface area contributed by atoms with Gasteiger partial charge in [-0.1, -0.05) is 57.0 Å². The second-order valence-corrected chi connectivity index (χ2v) is 7.05. The van der Waals surface area contributed by atoms with E-state index in [9.17, 15) is 4.39 Å². The minimum atomic E-state index is -0.351. The summed E-state index contributed by atoms with van der Waals surface area (Å²) in [7, 11) is 0. The van der Waals surface area contributed by atoms with Crippen LogP contribution in [0.5, 0.6) is 0 Å². The summed E-state index contributed by atoms with van der Waals surface area (Å²) in [5, 5.41) is 0. The largest absolute Gasteiger partial charge is 0.375 e. The Labute approximate surface area is 152 Å². The highest BCUT2D eigenvalue weighted by atomic mass is 19.1. The SMILES string of the molecule is CCCCO[C@@H]1[C@@H](CF)CN(Cc2ccccc2)C[C@H]1OCCCC. The van der Waals surface area contributed by atoms with Crippen molar-refractivity contribution in [1.29, 1.82) is 0 Å². The molecule has 0 bridgehead atoms. The summed E-state index contributed by atoms with van der Waals surface area (Å²) in [6.45, 7) is 7.76. The van der Waals surface area contributed by atoms with Crippen molar-refractivity contribution in [2.45, 2.75) is 58.3 Å². The van der Waals surface area contributed by atoms with Crippen LogP contribution in [0.15, 0.2) is 30.3 Å². The molecule has 1 aromatic carbocycles. The maximum atomic E-state index is 13.7. The van der Waals surface area contributed by atoms with E-state index in [1.807, 2.05) is 6.07 Å². The molecule has 1 heterocycles. The van der Waals surface area contributed by atoms with Crippen molar-refractivity contribution in [3.8, 4) is 0 Å². The van der Waals surface area contributed by atoms with Crippen molar-refractivity contribution in [1.82, 2.24) is 4.90 Å². The van der Waals surface area contributed by atoms with Gasteiger partial charge >= 0.3 is 0 Å². The predicted molar refractivity (Wildman–Crippen MR) is 100 cm³/mol. The van der Waals surface area contributed by atoms with Crippen molar-refractivity contribution in [3.63, 3.8) is 0 Å². The molecule has 0 N–H and O–H groups in total. The molecule has 1 aliphatic heterocycles. The molecule has 0 spiro atoms. The van der Waals surface area contributed by atoms with Crippen LogP contribution in [0.4, 0.5) is 4.39 Å². The van der Waals surface area contributed by atoms with Gasteiger partial charge in [0.15, 0.2) is 0 Å². The van der Waals surface area contributed by atoms with Gasteiger partial charge in [0.05, 0.1) is 18.9 Å². The molecular formula is C21H34FNO2. The Hall–Kier alpha value is -0.970. The monoisotopic (exact) mass is 351 g/mol. The summed E-state index contributed by atoms with van der Waals surface area (Å²) < 4.78 is 26.0. The summed E-state index contributed by atoms with van der Waals surface area (Å²) in [5.41, 5.74) is 1.26. The number of alkyl halides is 1. The molecule has 0 radical (unpaired) electrons. The Morgan fingerprint density at radius 1 is 1.00 bits per heavy atom. The van der Waals surface area contributed by atoms with Gasteiger partial charge in [-0.25, -0.2) is 0 Å². The fraction of sp³-hybridized carbons (Fsp3) is 0.714. The van der Waals surface area contributed by atoms with Crippen molar-refractivity contribution in [2.75, 3.05) is 33.0 Å². The van der Waals surface area contributed by atoms with E-state index in [1.54, 1.807) is 0 Å². The third kappa shape index (κ3) is 6.69. The van der Waals surface area contributed by atoms with Gasteiger partial charge in [0.25, 0.3) is 0 Å². The lowest BCUT2D eigenvalue weighted by Gasteiger charge is -2.42. The van der Waals surface area contributed by atoms with Crippen LogP contribution in [0.3, 0.4) is 0 Å². The van der Waals surface area contributed by atoms with E-state index in [1.165, 1.54) is 5.56 Å². The second kappa shape index (κ2) is 11.6. The Morgan fingerprint density at radius 2 is 1.68 bits per heavy atom. The molecule has 0 aliphatic carbocycles. The third-order valence-corrected chi connectivity index (χ3v) is 4.85. The lowest BCUT2D eigenvalue weighted by molar-refractivity contribution is -0.140. The molecule has 0 saturated carbocycles. The molecule has 0 aromatic heterocycles. The standard InChI is InChI=1S/C21H34FNO2/c1-3-5-12-24-20-17-23(15-18-10-8-7-9-11-18)16-19(14-22)21(20)25-13-6-4-2/h7-11,19-21H,3-6,12-17H2,1-2H3/t19-,20+,21+/m0/s1. The van der Waals surface area contributed by atoms with Crippen molar-refractivity contribution in [2.24, 2.45) is 5.92 Å². The molecule has 1 aromatic rings. The van der Waals surface area contributed by atoms with Crippen molar-refractivity contribution < 1.29 is 13.9 Å². The average Bonchev–Trinajstić information content (AvgIpc) is 2.64. The highest BCUT2D eigenvalue weighted by molar-refractivity contribution is 5.14. The van der Waals surface area contributed by atoms with Gasteiger partial charge in [-0.05, 0) is 18.4 Å². The molecule has 142 valence electrons. The first-order valence-corrected chi connectivity index (χ1v) is 9.83. The van der Waals surface area contributed by atoms with Crippen LogP contribution in [-0.4, -0.2) is 50.1 Å². The van der Waals surface area contributed by atoms with Crippen LogP contribution in [-0.2, 0) is 16.0 Å². The molecule has 1 aliphatic rings. The lowest BCUT2D eigenvalue weighted by atomic mass is 9.92. The summed E-state index contributed by atoms with van der Waals surface area (Å²) in [4.78, 5) is 2.32. The van der Waals surface area contributed by atoms with E-state index in [2.05, 4.69) is 43.0 Å². The zero-order valence-electron chi connectivity index (χ0n) is 15.8. The molecule has 4 heteroatoms. The van der Waals surface area contributed by atoms with Crippen LogP contribution >= 0.6 is 0 Å². The number of benzene rings is 1. The Bertz CT molecular complexity index is 456. The van der Waals surface area contributed by atoms with Gasteiger partial charge in [0, 0.05) is 38.8 Å². The minimum Gasteiger partial charge on any atom is -0.375 e. The third-order valence-electron chi connectivity index (χ3n) is 4.85. The second-order valence-electron chi connectivity index (χ2n) is 7.05. The molecule has 0 amide bonds. The Balaban J connectivity index is 2.00. The van der Waals surface area contributed by atoms with Crippen molar-refractivity contribution in [3.05, 3.63) is 35.9 Å². The number of likely N-dealkylation sites (tertiary alicyclic amines) is 1. The van der Waals surface area contributed by atoms with Gasteiger partial charge < -0.3 is 9.47 Å². The summed E-state index contributed by atoms with van der Waals surface area (Å²) in [6, 6.07) is 10.4. The first-order valence-electron chi connectivity index (χ1n) is 9.83. The first kappa shape index (κ1) is 20.3. The summed E-state index contributed by atoms with van der Waals surface area (Å²) in [6.07, 6.45) is 4.09. The van der Waals surface area contributed by atoms with Gasteiger partial charge in [-0.15, -0.1) is 0 Å². The van der Waals surface area contributed by atoms with Gasteiger partial charge in [-0.2, -0.15) is 0 Å². The zero-order valence-corrected chi connectivity index (χ0v) is 15.8. The van der Waals surface area contributed by atoms with Gasteiger partial charge in [0.1, 0.15) is 0 Å². The van der Waals surface area contributed by atoms with Crippen molar-refractivity contribution >= 4 is 0 Å². The lowest BCUT2D eigenvalue weighted by Crippen LogP contribution is -2.55. The smallest absolute Gasteiger partial charge is 0.0967 e. The average molecular weight is 352 g/mol. The first-order chi connectivity index (χ1) is 12.3. The van der Waals surface area contributed by atoms with Crippen LogP contribution in [0, 0.1) is 5.92 Å². The summed E-state index contributed by atoms with van der Waals surface area (Å²) >= 11 is 0. The molecule has 0 unspecified atom stereocenters. The minimum absolute atomic E-state index is 0.0402. The van der Waals surface area contributed by atoms with Gasteiger partial charge in [-0.3, -0.25) is 9.29 Å². The maximum Gasteiger partial charge on any atom is 0.0967 e. The number of rotatable bonds is 11. The highest BCUT2D eigenvalue weighted by Crippen LogP contribution is 2.25. The highest BCUT2D eigenvalue weighted by Gasteiger charge is 2.38. The Morgan fingerprint density at radius 3 is 2.32 bits per heavy atom. The molecule has 2 rings (SSSR count). The topological polar surface area (TPSA) is 21.7 Å². The number of piperidine rings is 1. The van der Waals surface area contributed by atoms with E-state index in [0.29, 0.717) is 6.61 Å². The number of ether oxygens (including phenoxy) is 2. The zero-order chi connectivity index (χ0) is 17.9. The van der Waals surface area contributed by atoms with E-state index in [0.717, 1.165) is 51.9 Å². The normalized spacial score (nSPS) is 24.5. The Kier molecular flexibility index (Phi) is 9.45. The van der Waals surface area contributed by atoms with Crippen LogP contribution in [0.25, 0.3) is 0 Å². The number of unbranched alkanes of at least 4 members (excludes halogenated alkanes) is 2. The molecule has 1 saturated heterocycles. The molecule has 25 heavy (non-hydrogen) atoms. The predicted octanol–water partition coefficient (Wildman–Crippen LogP) is 4.46. The molecule has 3 nitrogen and oxygen atoms in total. The van der Waals surface area contributed by atoms with Gasteiger partial charge in [0.2, 0.25) is 0 Å². The van der Waals surface area contributed by atoms with Crippen LogP contribution in [0.1, 0.15) is 45.1 Å². The molecule has 3 atom stereocenters. The number of halogens is 1. The van der Waals surface area contributed by atoms with Crippen LogP contribution in [0.2, 0.25) is 0 Å². The quantitative estimate of drug-likeness (QED) is 0.550. The number of hydrogen-bond acceptors (Lipinski definition) is 3. The van der Waals surface area contributed by atoms with E-state index in [4.69, 9.17) is 9.47 Å². The maximum absolute atomic E-state index is 13.7. The fourth-order valence-electron chi connectivity index (χ4n) is 3.41. The summed E-state index contributed by atoms with van der Waals surface area (Å²) in [5.74, 6) is -0.110. The number of nitrogens with zero attached hydrogens (tertiary/aromatic N) is 1. The fourth-order valence-corrected chi connectivity index (χ4v) is 3.41.